The summed E-state index contributed by atoms with van der Waals surface area (Å²) in [6.07, 6.45) is 3.92. The topological polar surface area (TPSA) is 47.1 Å². The van der Waals surface area contributed by atoms with Crippen LogP contribution in [-0.4, -0.2) is 26.7 Å². The third kappa shape index (κ3) is 3.26. The maximum absolute atomic E-state index is 5.80. The second kappa shape index (κ2) is 6.15. The van der Waals surface area contributed by atoms with Gasteiger partial charge in [-0.1, -0.05) is 18.2 Å². The first-order valence-electron chi connectivity index (χ1n) is 7.29. The smallest absolute Gasteiger partial charge is 0.226 e. The quantitative estimate of drug-likeness (QED) is 0.726. The molecule has 5 nitrogen and oxygen atoms in total. The van der Waals surface area contributed by atoms with Crippen molar-refractivity contribution in [3.63, 3.8) is 0 Å². The molecule has 0 aliphatic carbocycles. The summed E-state index contributed by atoms with van der Waals surface area (Å²) >= 11 is 0. The van der Waals surface area contributed by atoms with Gasteiger partial charge < -0.3 is 4.42 Å². The monoisotopic (exact) mass is 296 g/mol. The maximum atomic E-state index is 5.80. The lowest BCUT2D eigenvalue weighted by molar-refractivity contribution is 0.313. The van der Waals surface area contributed by atoms with Crippen LogP contribution in [0.15, 0.2) is 47.1 Å². The zero-order chi connectivity index (χ0) is 15.5. The molecule has 3 rings (SSSR count). The van der Waals surface area contributed by atoms with Gasteiger partial charge in [0.15, 0.2) is 0 Å². The van der Waals surface area contributed by atoms with Gasteiger partial charge in [-0.2, -0.15) is 5.10 Å². The average Bonchev–Trinajstić information content (AvgIpc) is 3.07. The van der Waals surface area contributed by atoms with Crippen molar-refractivity contribution in [1.82, 2.24) is 19.7 Å². The summed E-state index contributed by atoms with van der Waals surface area (Å²) in [7, 11) is 4.00. The molecule has 0 fully saturated rings. The standard InChI is InChI=1S/C17H20N4O/c1-13-16(12-20(2)10-14-9-18-21(3)11-14)19-17(22-13)15-7-5-4-6-8-15/h4-9,11H,10,12H2,1-3H3. The van der Waals surface area contributed by atoms with Crippen molar-refractivity contribution < 1.29 is 4.42 Å². The van der Waals surface area contributed by atoms with E-state index in [1.165, 1.54) is 5.56 Å². The van der Waals surface area contributed by atoms with Crippen LogP contribution in [-0.2, 0) is 20.1 Å². The fourth-order valence-electron chi connectivity index (χ4n) is 2.46. The van der Waals surface area contributed by atoms with E-state index < -0.39 is 0 Å². The van der Waals surface area contributed by atoms with Crippen LogP contribution in [0.4, 0.5) is 0 Å². The molecule has 0 amide bonds. The fourth-order valence-corrected chi connectivity index (χ4v) is 2.46. The van der Waals surface area contributed by atoms with Crippen molar-refractivity contribution in [2.75, 3.05) is 7.05 Å². The number of aromatic nitrogens is 3. The Balaban J connectivity index is 1.71. The van der Waals surface area contributed by atoms with Crippen molar-refractivity contribution in [2.45, 2.75) is 20.0 Å². The minimum Gasteiger partial charge on any atom is -0.441 e. The van der Waals surface area contributed by atoms with Crippen LogP contribution < -0.4 is 0 Å². The van der Waals surface area contributed by atoms with Crippen LogP contribution in [0.3, 0.4) is 0 Å². The van der Waals surface area contributed by atoms with Gasteiger partial charge in [-0.25, -0.2) is 4.98 Å². The second-order valence-electron chi connectivity index (χ2n) is 5.58. The largest absolute Gasteiger partial charge is 0.441 e. The molecule has 0 N–H and O–H groups in total. The highest BCUT2D eigenvalue weighted by Gasteiger charge is 2.13. The first kappa shape index (κ1) is 14.5. The Bertz CT molecular complexity index is 745. The number of rotatable bonds is 5. The molecule has 0 bridgehead atoms. The molecule has 0 atom stereocenters. The molecule has 0 saturated carbocycles. The van der Waals surface area contributed by atoms with Gasteiger partial charge in [-0.15, -0.1) is 0 Å². The lowest BCUT2D eigenvalue weighted by Gasteiger charge is -2.13. The molecule has 0 unspecified atom stereocenters. The van der Waals surface area contributed by atoms with Crippen molar-refractivity contribution in [1.29, 1.82) is 0 Å². The van der Waals surface area contributed by atoms with Gasteiger partial charge in [-0.05, 0) is 26.1 Å². The highest BCUT2D eigenvalue weighted by molar-refractivity contribution is 5.53. The summed E-state index contributed by atoms with van der Waals surface area (Å²) in [5.41, 5.74) is 3.17. The summed E-state index contributed by atoms with van der Waals surface area (Å²) in [6, 6.07) is 9.98. The Morgan fingerprint density at radius 1 is 1.18 bits per heavy atom. The van der Waals surface area contributed by atoms with Crippen LogP contribution in [0.2, 0.25) is 0 Å². The molecule has 0 aliphatic heterocycles. The third-order valence-corrected chi connectivity index (χ3v) is 3.54. The number of hydrogen-bond acceptors (Lipinski definition) is 4. The first-order chi connectivity index (χ1) is 10.6. The van der Waals surface area contributed by atoms with Crippen LogP contribution >= 0.6 is 0 Å². The second-order valence-corrected chi connectivity index (χ2v) is 5.58. The van der Waals surface area contributed by atoms with Crippen molar-refractivity contribution in [3.05, 3.63) is 59.7 Å². The Hall–Kier alpha value is -2.40. The summed E-state index contributed by atoms with van der Waals surface area (Å²) in [5.74, 6) is 1.56. The molecule has 0 spiro atoms. The summed E-state index contributed by atoms with van der Waals surface area (Å²) < 4.78 is 7.62. The average molecular weight is 296 g/mol. The fraction of sp³-hybridized carbons (Fsp3) is 0.294. The van der Waals surface area contributed by atoms with E-state index in [0.29, 0.717) is 5.89 Å². The molecule has 22 heavy (non-hydrogen) atoms. The zero-order valence-corrected chi connectivity index (χ0v) is 13.2. The predicted molar refractivity (Wildman–Crippen MR) is 85.1 cm³/mol. The lowest BCUT2D eigenvalue weighted by atomic mass is 10.2. The summed E-state index contributed by atoms with van der Waals surface area (Å²) in [6.45, 7) is 3.55. The van der Waals surface area contributed by atoms with Gasteiger partial charge >= 0.3 is 0 Å². The molecule has 0 saturated heterocycles. The number of aryl methyl sites for hydroxylation is 2. The molecule has 3 aromatic rings. The van der Waals surface area contributed by atoms with Crippen LogP contribution in [0.5, 0.6) is 0 Å². The van der Waals surface area contributed by atoms with E-state index in [0.717, 1.165) is 30.1 Å². The van der Waals surface area contributed by atoms with E-state index in [1.807, 2.05) is 61.4 Å². The lowest BCUT2D eigenvalue weighted by Crippen LogP contribution is -2.17. The van der Waals surface area contributed by atoms with Gasteiger partial charge in [-0.3, -0.25) is 9.58 Å². The van der Waals surface area contributed by atoms with Crippen molar-refractivity contribution in [2.24, 2.45) is 7.05 Å². The molecule has 0 radical (unpaired) electrons. The molecular formula is C17H20N4O. The van der Waals surface area contributed by atoms with Gasteiger partial charge in [0.25, 0.3) is 0 Å². The molecule has 1 aromatic carbocycles. The third-order valence-electron chi connectivity index (χ3n) is 3.54. The Morgan fingerprint density at radius 3 is 2.64 bits per heavy atom. The number of hydrogen-bond donors (Lipinski definition) is 0. The summed E-state index contributed by atoms with van der Waals surface area (Å²) in [4.78, 5) is 6.84. The highest BCUT2D eigenvalue weighted by atomic mass is 16.4. The van der Waals surface area contributed by atoms with E-state index in [-0.39, 0.29) is 0 Å². The Kier molecular flexibility index (Phi) is 4.06. The van der Waals surface area contributed by atoms with Gasteiger partial charge in [0.2, 0.25) is 5.89 Å². The minimum absolute atomic E-state index is 0.683. The Labute approximate surface area is 130 Å². The molecular weight excluding hydrogens is 276 g/mol. The SMILES string of the molecule is Cc1oc(-c2ccccc2)nc1CN(C)Cc1cnn(C)c1. The molecule has 5 heteroatoms. The van der Waals surface area contributed by atoms with Crippen molar-refractivity contribution in [3.8, 4) is 11.5 Å². The molecule has 0 aliphatic rings. The minimum atomic E-state index is 0.683. The van der Waals surface area contributed by atoms with Crippen molar-refractivity contribution >= 4 is 0 Å². The number of nitrogens with zero attached hydrogens (tertiary/aromatic N) is 4. The molecule has 2 heterocycles. The van der Waals surface area contributed by atoms with E-state index in [9.17, 15) is 0 Å². The van der Waals surface area contributed by atoms with Gasteiger partial charge in [0.1, 0.15) is 5.76 Å². The number of oxazole rings is 1. The van der Waals surface area contributed by atoms with E-state index >= 15 is 0 Å². The van der Waals surface area contributed by atoms with E-state index in [2.05, 4.69) is 22.0 Å². The van der Waals surface area contributed by atoms with E-state index in [1.54, 1.807) is 0 Å². The van der Waals surface area contributed by atoms with Crippen LogP contribution in [0, 0.1) is 6.92 Å². The predicted octanol–water partition coefficient (Wildman–Crippen LogP) is 3.02. The maximum Gasteiger partial charge on any atom is 0.226 e. The normalized spacial score (nSPS) is 11.3. The van der Waals surface area contributed by atoms with Gasteiger partial charge in [0, 0.05) is 37.5 Å². The van der Waals surface area contributed by atoms with Gasteiger partial charge in [0.05, 0.1) is 11.9 Å². The first-order valence-corrected chi connectivity index (χ1v) is 7.29. The highest BCUT2D eigenvalue weighted by Crippen LogP contribution is 2.22. The summed E-state index contributed by atoms with van der Waals surface area (Å²) in [5, 5.41) is 4.19. The Morgan fingerprint density at radius 2 is 1.95 bits per heavy atom. The zero-order valence-electron chi connectivity index (χ0n) is 13.2. The van der Waals surface area contributed by atoms with Crippen LogP contribution in [0.25, 0.3) is 11.5 Å². The van der Waals surface area contributed by atoms with E-state index in [4.69, 9.17) is 4.42 Å². The molecule has 2 aromatic heterocycles. The number of benzene rings is 1. The molecule has 114 valence electrons. The van der Waals surface area contributed by atoms with Crippen LogP contribution in [0.1, 0.15) is 17.0 Å².